The number of hydrogen-bond donors (Lipinski definition) is 5. The zero-order valence-electron chi connectivity index (χ0n) is 21.6. The van der Waals surface area contributed by atoms with Crippen LogP contribution in [0, 0.1) is 0 Å². The number of nitrogens with two attached hydrogens (primary N) is 2. The maximum absolute atomic E-state index is 13.3. The van der Waals surface area contributed by atoms with Crippen molar-refractivity contribution in [2.45, 2.75) is 89.6 Å². The lowest BCUT2D eigenvalue weighted by Gasteiger charge is -2.24. The molecule has 0 fully saturated rings. The fourth-order valence-corrected chi connectivity index (χ4v) is 3.76. The number of hydrogen-bond acceptors (Lipinski definition) is 6. The largest absolute Gasteiger partial charge is 0.508 e. The summed E-state index contributed by atoms with van der Waals surface area (Å²) in [6, 6.07) is 5.41. The van der Waals surface area contributed by atoms with E-state index in [9.17, 15) is 19.5 Å². The van der Waals surface area contributed by atoms with E-state index in [-0.39, 0.29) is 48.4 Å². The Bertz CT molecular complexity index is 825. The molecule has 0 radical (unpaired) electrons. The second-order valence-corrected chi connectivity index (χ2v) is 8.92. The number of methoxy groups -OCH3 is 1. The Balaban J connectivity index is 2.86. The van der Waals surface area contributed by atoms with Crippen molar-refractivity contribution in [3.8, 4) is 5.75 Å². The lowest BCUT2D eigenvalue weighted by atomic mass is 10.0. The Morgan fingerprint density at radius 2 is 1.67 bits per heavy atom. The molecule has 0 aliphatic heterocycles. The topological polar surface area (TPSA) is 169 Å². The highest BCUT2D eigenvalue weighted by Gasteiger charge is 2.24. The summed E-state index contributed by atoms with van der Waals surface area (Å²) in [4.78, 5) is 41.5. The second-order valence-electron chi connectivity index (χ2n) is 8.92. The Morgan fingerprint density at radius 1 is 0.972 bits per heavy atom. The number of rotatable bonds is 18. The normalized spacial score (nSPS) is 12.3. The van der Waals surface area contributed by atoms with Gasteiger partial charge < -0.3 is 31.9 Å². The van der Waals surface area contributed by atoms with E-state index in [1.165, 1.54) is 7.11 Å². The molecule has 36 heavy (non-hydrogen) atoms. The Morgan fingerprint density at radius 3 is 2.31 bits per heavy atom. The molecule has 0 heterocycles. The number of phenolic OH excluding ortho intramolecular Hbond substituents is 1. The van der Waals surface area contributed by atoms with Crippen molar-refractivity contribution < 1.29 is 24.2 Å². The van der Waals surface area contributed by atoms with Crippen LogP contribution >= 0.6 is 0 Å². The number of aromatic hydroxyl groups is 1. The van der Waals surface area contributed by atoms with Crippen molar-refractivity contribution in [1.29, 1.82) is 0 Å². The molecule has 10 heteroatoms. The number of carbonyl (C=O) groups excluding carboxylic acids is 3. The van der Waals surface area contributed by atoms with Gasteiger partial charge in [-0.25, -0.2) is 0 Å². The zero-order valence-corrected chi connectivity index (χ0v) is 21.6. The van der Waals surface area contributed by atoms with Crippen LogP contribution in [-0.4, -0.2) is 54.6 Å². The summed E-state index contributed by atoms with van der Waals surface area (Å²) in [7, 11) is 1.32. The van der Waals surface area contributed by atoms with Gasteiger partial charge in [0.05, 0.1) is 7.11 Å². The van der Waals surface area contributed by atoms with Crippen molar-refractivity contribution >= 4 is 23.7 Å². The van der Waals surface area contributed by atoms with E-state index < -0.39 is 6.04 Å². The minimum Gasteiger partial charge on any atom is -0.508 e. The first-order valence-electron chi connectivity index (χ1n) is 12.7. The summed E-state index contributed by atoms with van der Waals surface area (Å²) in [5.41, 5.74) is 11.6. The fourth-order valence-electron chi connectivity index (χ4n) is 3.76. The van der Waals surface area contributed by atoms with E-state index >= 15 is 0 Å². The average molecular weight is 506 g/mol. The third kappa shape index (κ3) is 14.2. The number of ether oxygens (including phenoxy) is 1. The van der Waals surface area contributed by atoms with Crippen molar-refractivity contribution in [1.82, 2.24) is 10.6 Å². The molecule has 0 spiro atoms. The van der Waals surface area contributed by atoms with Crippen LogP contribution in [0.15, 0.2) is 29.3 Å². The van der Waals surface area contributed by atoms with Gasteiger partial charge in [0.25, 0.3) is 0 Å². The van der Waals surface area contributed by atoms with Crippen molar-refractivity contribution in [3.63, 3.8) is 0 Å². The summed E-state index contributed by atoms with van der Waals surface area (Å²) < 4.78 is 4.73. The van der Waals surface area contributed by atoms with Gasteiger partial charge in [-0.2, -0.15) is 0 Å². The third-order valence-electron chi connectivity index (χ3n) is 5.81. The van der Waals surface area contributed by atoms with Crippen LogP contribution in [-0.2, 0) is 25.5 Å². The number of amides is 2. The predicted molar refractivity (Wildman–Crippen MR) is 140 cm³/mol. The molecule has 7 N–H and O–H groups in total. The van der Waals surface area contributed by atoms with Crippen LogP contribution in [0.4, 0.5) is 0 Å². The van der Waals surface area contributed by atoms with E-state index in [1.807, 2.05) is 0 Å². The number of phenols is 1. The molecule has 2 atom stereocenters. The smallest absolute Gasteiger partial charge is 0.305 e. The number of nitrogens with zero attached hydrogens (tertiary/aromatic N) is 1. The van der Waals surface area contributed by atoms with Crippen LogP contribution < -0.4 is 22.1 Å². The highest BCUT2D eigenvalue weighted by molar-refractivity contribution is 5.88. The summed E-state index contributed by atoms with van der Waals surface area (Å²) >= 11 is 0. The van der Waals surface area contributed by atoms with Gasteiger partial charge in [-0.05, 0) is 43.4 Å². The number of esters is 1. The standard InChI is InChI=1S/C26H43N5O5/c1-3-4-5-6-7-10-23(33)31-22(18-19-11-14-21(32)15-12-19)25(35)30-20(13-16-24(34)36-2)9-8-17-29-26(27)28/h11-12,14-15,20,22,32H,3-10,13,16-18H2,1-2H3,(H,30,35)(H,31,33)(H4,27,28,29)/t20-,22?/m0/s1. The van der Waals surface area contributed by atoms with Crippen molar-refractivity contribution in [3.05, 3.63) is 29.8 Å². The molecule has 1 unspecified atom stereocenters. The van der Waals surface area contributed by atoms with Gasteiger partial charge in [0.1, 0.15) is 11.8 Å². The molecule has 0 saturated carbocycles. The van der Waals surface area contributed by atoms with E-state index in [0.29, 0.717) is 32.2 Å². The molecular formula is C26H43N5O5. The molecular weight excluding hydrogens is 462 g/mol. The summed E-state index contributed by atoms with van der Waals surface area (Å²) in [5.74, 6) is -0.755. The fraction of sp³-hybridized carbons (Fsp3) is 0.615. The highest BCUT2D eigenvalue weighted by atomic mass is 16.5. The molecule has 0 aliphatic rings. The molecule has 202 valence electrons. The molecule has 0 aromatic heterocycles. The summed E-state index contributed by atoms with van der Waals surface area (Å²) in [6.07, 6.45) is 7.42. The first-order chi connectivity index (χ1) is 17.2. The van der Waals surface area contributed by atoms with Gasteiger partial charge in [-0.3, -0.25) is 19.4 Å². The number of aliphatic imine (C=N–C) groups is 1. The van der Waals surface area contributed by atoms with E-state index in [0.717, 1.165) is 37.7 Å². The molecule has 1 aromatic carbocycles. The Labute approximate surface area is 214 Å². The van der Waals surface area contributed by atoms with Gasteiger partial charge in [-0.15, -0.1) is 0 Å². The van der Waals surface area contributed by atoms with Gasteiger partial charge in [0.2, 0.25) is 11.8 Å². The van der Waals surface area contributed by atoms with Crippen molar-refractivity contribution in [2.75, 3.05) is 13.7 Å². The van der Waals surface area contributed by atoms with Gasteiger partial charge in [0, 0.05) is 31.8 Å². The number of benzene rings is 1. The molecule has 10 nitrogen and oxygen atoms in total. The monoisotopic (exact) mass is 505 g/mol. The molecule has 2 amide bonds. The van der Waals surface area contributed by atoms with E-state index in [4.69, 9.17) is 16.2 Å². The number of unbranched alkanes of at least 4 members (excludes halogenated alkanes) is 4. The molecule has 1 rings (SSSR count). The van der Waals surface area contributed by atoms with Gasteiger partial charge in [-0.1, -0.05) is 44.7 Å². The first kappa shape index (κ1) is 30.7. The Hall–Kier alpha value is -3.30. The predicted octanol–water partition coefficient (Wildman–Crippen LogP) is 2.27. The Kier molecular flexibility index (Phi) is 15.4. The number of nitrogens with one attached hydrogen (secondary N) is 2. The number of carbonyl (C=O) groups is 3. The van der Waals surface area contributed by atoms with Crippen LogP contribution in [0.5, 0.6) is 5.75 Å². The number of guanidine groups is 1. The quantitative estimate of drug-likeness (QED) is 0.0882. The minimum atomic E-state index is -0.795. The average Bonchev–Trinajstić information content (AvgIpc) is 2.85. The summed E-state index contributed by atoms with van der Waals surface area (Å²) in [5, 5.41) is 15.4. The van der Waals surface area contributed by atoms with Gasteiger partial charge >= 0.3 is 5.97 Å². The lowest BCUT2D eigenvalue weighted by molar-refractivity contribution is -0.141. The molecule has 0 bridgehead atoms. The zero-order chi connectivity index (χ0) is 26.8. The maximum atomic E-state index is 13.3. The van der Waals surface area contributed by atoms with Crippen LogP contribution in [0.3, 0.4) is 0 Å². The van der Waals surface area contributed by atoms with Crippen LogP contribution in [0.1, 0.15) is 76.7 Å². The highest BCUT2D eigenvalue weighted by Crippen LogP contribution is 2.13. The van der Waals surface area contributed by atoms with Gasteiger partial charge in [0.15, 0.2) is 5.96 Å². The second kappa shape index (κ2) is 18.0. The van der Waals surface area contributed by atoms with E-state index in [1.54, 1.807) is 24.3 Å². The lowest BCUT2D eigenvalue weighted by Crippen LogP contribution is -2.50. The van der Waals surface area contributed by atoms with Crippen LogP contribution in [0.25, 0.3) is 0 Å². The molecule has 0 saturated heterocycles. The maximum Gasteiger partial charge on any atom is 0.305 e. The SMILES string of the molecule is CCCCCCCC(=O)NC(Cc1ccc(O)cc1)C(=O)N[C@@H](CCCN=C(N)N)CCC(=O)OC. The third-order valence-corrected chi connectivity index (χ3v) is 5.81. The summed E-state index contributed by atoms with van der Waals surface area (Å²) in [6.45, 7) is 2.54. The molecule has 0 aliphatic carbocycles. The van der Waals surface area contributed by atoms with Crippen molar-refractivity contribution in [2.24, 2.45) is 16.5 Å². The van der Waals surface area contributed by atoms with Crippen LogP contribution in [0.2, 0.25) is 0 Å². The first-order valence-corrected chi connectivity index (χ1v) is 12.7. The molecule has 1 aromatic rings. The van der Waals surface area contributed by atoms with E-state index in [2.05, 4.69) is 22.5 Å². The minimum absolute atomic E-state index is 0.00323.